The van der Waals surface area contributed by atoms with Gasteiger partial charge in [-0.25, -0.2) is 14.6 Å². The molecule has 3 aromatic rings. The van der Waals surface area contributed by atoms with Gasteiger partial charge in [-0.2, -0.15) is 0 Å². The van der Waals surface area contributed by atoms with Crippen molar-refractivity contribution in [2.75, 3.05) is 26.1 Å². The molecule has 1 aliphatic carbocycles. The van der Waals surface area contributed by atoms with Gasteiger partial charge in [-0.15, -0.1) is 0 Å². The van der Waals surface area contributed by atoms with Crippen molar-refractivity contribution in [2.24, 2.45) is 0 Å². The van der Waals surface area contributed by atoms with Crippen molar-refractivity contribution in [3.05, 3.63) is 66.1 Å². The van der Waals surface area contributed by atoms with Crippen LogP contribution in [0.1, 0.15) is 56.8 Å². The average molecular weight is 564 g/mol. The van der Waals surface area contributed by atoms with Crippen molar-refractivity contribution in [3.63, 3.8) is 0 Å². The average Bonchev–Trinajstić information content (AvgIpc) is 3.39. The van der Waals surface area contributed by atoms with E-state index in [0.29, 0.717) is 31.1 Å². The normalized spacial score (nSPS) is 16.7. The first-order valence-corrected chi connectivity index (χ1v) is 14.2. The molecule has 3 N–H and O–H groups in total. The predicted octanol–water partition coefficient (Wildman–Crippen LogP) is 5.69. The fourth-order valence-electron chi connectivity index (χ4n) is 5.19. The van der Waals surface area contributed by atoms with Gasteiger partial charge in [-0.1, -0.05) is 30.3 Å². The molecule has 1 aromatic heterocycles. The SMILES string of the molecule is COCCn1c(-c2ccc(NC(=O)NCc3ccccc3)cc2OC)cnc1[C@H]1CC[C@H](NC(=O)OC(C)C)CC1. The summed E-state index contributed by atoms with van der Waals surface area (Å²) in [5, 5.41) is 8.76. The number of carbonyl (C=O) groups is 2. The highest BCUT2D eigenvalue weighted by atomic mass is 16.6. The van der Waals surface area contributed by atoms with Crippen LogP contribution in [-0.4, -0.2) is 54.6 Å². The molecule has 0 bridgehead atoms. The van der Waals surface area contributed by atoms with Crippen molar-refractivity contribution in [2.45, 2.75) is 70.7 Å². The molecule has 0 spiro atoms. The van der Waals surface area contributed by atoms with Gasteiger partial charge >= 0.3 is 12.1 Å². The summed E-state index contributed by atoms with van der Waals surface area (Å²) in [5.41, 5.74) is 3.45. The van der Waals surface area contributed by atoms with Gasteiger partial charge in [0, 0.05) is 49.5 Å². The second-order valence-electron chi connectivity index (χ2n) is 10.5. The number of imidazole rings is 1. The molecule has 3 amide bonds. The summed E-state index contributed by atoms with van der Waals surface area (Å²) in [6.07, 6.45) is 4.93. The van der Waals surface area contributed by atoms with Gasteiger partial charge in [0.15, 0.2) is 0 Å². The van der Waals surface area contributed by atoms with E-state index in [4.69, 9.17) is 19.2 Å². The topological polar surface area (TPSA) is 116 Å². The number of alkyl carbamates (subject to hydrolysis) is 1. The predicted molar refractivity (Wildman–Crippen MR) is 158 cm³/mol. The molecule has 2 aromatic carbocycles. The number of ether oxygens (including phenoxy) is 3. The number of hydrogen-bond donors (Lipinski definition) is 3. The van der Waals surface area contributed by atoms with Gasteiger partial charge in [-0.3, -0.25) is 0 Å². The van der Waals surface area contributed by atoms with Gasteiger partial charge < -0.3 is 34.7 Å². The van der Waals surface area contributed by atoms with Crippen LogP contribution in [-0.2, 0) is 22.6 Å². The Morgan fingerprint density at radius 1 is 1.05 bits per heavy atom. The van der Waals surface area contributed by atoms with Crippen LogP contribution in [0.2, 0.25) is 0 Å². The van der Waals surface area contributed by atoms with E-state index < -0.39 is 0 Å². The molecule has 1 saturated carbocycles. The van der Waals surface area contributed by atoms with Crippen LogP contribution in [0.15, 0.2) is 54.7 Å². The third-order valence-electron chi connectivity index (χ3n) is 7.19. The van der Waals surface area contributed by atoms with E-state index >= 15 is 0 Å². The number of benzene rings is 2. The zero-order valence-electron chi connectivity index (χ0n) is 24.3. The number of anilines is 1. The monoisotopic (exact) mass is 563 g/mol. The fourth-order valence-corrected chi connectivity index (χ4v) is 5.19. The number of carbonyl (C=O) groups excluding carboxylic acids is 2. The largest absolute Gasteiger partial charge is 0.496 e. The first-order chi connectivity index (χ1) is 19.9. The van der Waals surface area contributed by atoms with Crippen LogP contribution >= 0.6 is 0 Å². The molecular formula is C31H41N5O5. The van der Waals surface area contributed by atoms with Gasteiger partial charge in [0.2, 0.25) is 0 Å². The van der Waals surface area contributed by atoms with Gasteiger partial charge in [0.05, 0.1) is 31.7 Å². The minimum atomic E-state index is -0.356. The molecule has 1 aliphatic rings. The zero-order chi connectivity index (χ0) is 29.2. The second-order valence-corrected chi connectivity index (χ2v) is 10.5. The van der Waals surface area contributed by atoms with Crippen LogP contribution in [0.5, 0.6) is 5.75 Å². The molecule has 0 atom stereocenters. The van der Waals surface area contributed by atoms with Crippen molar-refractivity contribution in [1.82, 2.24) is 20.2 Å². The minimum absolute atomic E-state index is 0.101. The lowest BCUT2D eigenvalue weighted by Crippen LogP contribution is -2.38. The molecule has 41 heavy (non-hydrogen) atoms. The Morgan fingerprint density at radius 2 is 1.80 bits per heavy atom. The first kappa shape index (κ1) is 29.9. The quantitative estimate of drug-likeness (QED) is 0.276. The maximum Gasteiger partial charge on any atom is 0.407 e. The zero-order valence-corrected chi connectivity index (χ0v) is 24.3. The Bertz CT molecular complexity index is 1290. The Kier molecular flexibility index (Phi) is 10.6. The Morgan fingerprint density at radius 3 is 2.49 bits per heavy atom. The van der Waals surface area contributed by atoms with E-state index in [2.05, 4.69) is 20.5 Å². The highest BCUT2D eigenvalue weighted by molar-refractivity contribution is 5.90. The summed E-state index contributed by atoms with van der Waals surface area (Å²) < 4.78 is 18.6. The minimum Gasteiger partial charge on any atom is -0.496 e. The second kappa shape index (κ2) is 14.5. The maximum absolute atomic E-state index is 12.5. The number of nitrogens with zero attached hydrogens (tertiary/aromatic N) is 2. The highest BCUT2D eigenvalue weighted by Gasteiger charge is 2.28. The summed E-state index contributed by atoms with van der Waals surface area (Å²) >= 11 is 0. The van der Waals surface area contributed by atoms with Crippen LogP contribution in [0.25, 0.3) is 11.3 Å². The molecule has 220 valence electrons. The van der Waals surface area contributed by atoms with Crippen molar-refractivity contribution >= 4 is 17.8 Å². The van der Waals surface area contributed by atoms with Crippen LogP contribution in [0, 0.1) is 0 Å². The van der Waals surface area contributed by atoms with Crippen molar-refractivity contribution in [3.8, 4) is 17.0 Å². The Labute approximate surface area is 241 Å². The van der Waals surface area contributed by atoms with E-state index in [-0.39, 0.29) is 30.2 Å². The van der Waals surface area contributed by atoms with E-state index in [1.54, 1.807) is 14.2 Å². The molecule has 0 radical (unpaired) electrons. The van der Waals surface area contributed by atoms with Crippen LogP contribution in [0.4, 0.5) is 15.3 Å². The van der Waals surface area contributed by atoms with Gasteiger partial charge in [-0.05, 0) is 57.2 Å². The number of hydrogen-bond acceptors (Lipinski definition) is 6. The van der Waals surface area contributed by atoms with Crippen molar-refractivity contribution < 1.29 is 23.8 Å². The molecule has 4 rings (SSSR count). The van der Waals surface area contributed by atoms with Crippen LogP contribution in [0.3, 0.4) is 0 Å². The summed E-state index contributed by atoms with van der Waals surface area (Å²) in [4.78, 5) is 29.4. The summed E-state index contributed by atoms with van der Waals surface area (Å²) in [6.45, 7) is 5.31. The number of amides is 3. The fraction of sp³-hybridized carbons (Fsp3) is 0.452. The molecule has 0 unspecified atom stereocenters. The van der Waals surface area contributed by atoms with Gasteiger partial charge in [0.1, 0.15) is 11.6 Å². The lowest BCUT2D eigenvalue weighted by Gasteiger charge is -2.29. The number of aromatic nitrogens is 2. The molecule has 1 heterocycles. The van der Waals surface area contributed by atoms with Crippen LogP contribution < -0.4 is 20.7 Å². The molecule has 0 aliphatic heterocycles. The summed E-state index contributed by atoms with van der Waals surface area (Å²) in [5.74, 6) is 1.90. The van der Waals surface area contributed by atoms with E-state index in [0.717, 1.165) is 48.3 Å². The van der Waals surface area contributed by atoms with E-state index in [9.17, 15) is 9.59 Å². The number of rotatable bonds is 11. The molecule has 0 saturated heterocycles. The van der Waals surface area contributed by atoms with Crippen molar-refractivity contribution in [1.29, 1.82) is 0 Å². The number of nitrogens with one attached hydrogen (secondary N) is 3. The molecule has 1 fully saturated rings. The Hall–Kier alpha value is -4.05. The lowest BCUT2D eigenvalue weighted by atomic mass is 9.85. The lowest BCUT2D eigenvalue weighted by molar-refractivity contribution is 0.109. The summed E-state index contributed by atoms with van der Waals surface area (Å²) in [7, 11) is 3.31. The number of urea groups is 1. The van der Waals surface area contributed by atoms with E-state index in [1.165, 1.54) is 0 Å². The highest BCUT2D eigenvalue weighted by Crippen LogP contribution is 2.37. The smallest absolute Gasteiger partial charge is 0.407 e. The third kappa shape index (κ3) is 8.23. The molecule has 10 nitrogen and oxygen atoms in total. The van der Waals surface area contributed by atoms with E-state index in [1.807, 2.05) is 68.6 Å². The standard InChI is InChI=1S/C31H41N5O5/c1-21(2)41-31(38)35-24-12-10-23(11-13-24)29-32-20-27(36(29)16-17-39-3)26-15-14-25(18-28(26)40-4)34-30(37)33-19-22-8-6-5-7-9-22/h5-9,14-15,18,20-21,23-24H,10-13,16-17,19H2,1-4H3,(H,35,38)(H2,33,34,37)/t23-,24-. The number of methoxy groups -OCH3 is 2. The molecule has 10 heteroatoms. The summed E-state index contributed by atoms with van der Waals surface area (Å²) in [6, 6.07) is 15.2. The Balaban J connectivity index is 1.46. The molecular weight excluding hydrogens is 522 g/mol. The third-order valence-corrected chi connectivity index (χ3v) is 7.19. The first-order valence-electron chi connectivity index (χ1n) is 14.2. The maximum atomic E-state index is 12.5. The van der Waals surface area contributed by atoms with Gasteiger partial charge in [0.25, 0.3) is 0 Å².